The first-order valence-corrected chi connectivity index (χ1v) is 3.54. The number of rotatable bonds is 3. The van der Waals surface area contributed by atoms with Gasteiger partial charge in [0.05, 0.1) is 11.1 Å². The lowest BCUT2D eigenvalue weighted by atomic mass is 10.3. The molecule has 1 rings (SSSR count). The molecule has 0 spiro atoms. The molecule has 0 aliphatic carbocycles. The van der Waals surface area contributed by atoms with Crippen molar-refractivity contribution in [2.24, 2.45) is 0 Å². The zero-order valence-electron chi connectivity index (χ0n) is 4.99. The van der Waals surface area contributed by atoms with Crippen LogP contribution in [0.3, 0.4) is 0 Å². The molecular formula is C4H6BrN3O2. The van der Waals surface area contributed by atoms with Crippen LogP contribution in [-0.2, 0) is 6.42 Å². The molecule has 0 saturated heterocycles. The highest BCUT2D eigenvalue weighted by atomic mass is 79.9. The summed E-state index contributed by atoms with van der Waals surface area (Å²) in [6.07, 6.45) is 2.02. The second kappa shape index (κ2) is 3.65. The van der Waals surface area contributed by atoms with Crippen molar-refractivity contribution >= 4 is 15.9 Å². The Morgan fingerprint density at radius 2 is 2.70 bits per heavy atom. The zero-order valence-corrected chi connectivity index (χ0v) is 6.58. The van der Waals surface area contributed by atoms with E-state index in [2.05, 4.69) is 30.9 Å². The van der Waals surface area contributed by atoms with E-state index in [1.807, 2.05) is 5.48 Å². The standard InChI is InChI=1S/C4H6BrN3O2/c5-4(7-9)1-3-2-6-10-8-3/h2,4,7,9H,1H2. The number of alkyl halides is 1. The van der Waals surface area contributed by atoms with Gasteiger partial charge in [-0.1, -0.05) is 26.2 Å². The van der Waals surface area contributed by atoms with Crippen molar-refractivity contribution in [3.05, 3.63) is 11.9 Å². The Kier molecular flexibility index (Phi) is 2.79. The summed E-state index contributed by atoms with van der Waals surface area (Å²) in [5.41, 5.74) is 2.69. The normalized spacial score (nSPS) is 13.4. The van der Waals surface area contributed by atoms with Crippen LogP contribution >= 0.6 is 15.9 Å². The highest BCUT2D eigenvalue weighted by molar-refractivity contribution is 9.09. The van der Waals surface area contributed by atoms with Gasteiger partial charge in [-0.05, 0) is 0 Å². The fourth-order valence-electron chi connectivity index (χ4n) is 0.503. The Morgan fingerprint density at radius 3 is 3.20 bits per heavy atom. The van der Waals surface area contributed by atoms with E-state index in [4.69, 9.17) is 5.21 Å². The molecule has 1 atom stereocenters. The van der Waals surface area contributed by atoms with Crippen molar-refractivity contribution in [1.82, 2.24) is 15.8 Å². The number of halogens is 1. The lowest BCUT2D eigenvalue weighted by Crippen LogP contribution is -2.21. The molecule has 0 aliphatic rings. The van der Waals surface area contributed by atoms with Crippen molar-refractivity contribution in [3.8, 4) is 0 Å². The number of hydrogen-bond acceptors (Lipinski definition) is 5. The number of nitrogens with one attached hydrogen (secondary N) is 1. The number of hydroxylamine groups is 1. The fourth-order valence-corrected chi connectivity index (χ4v) is 0.835. The van der Waals surface area contributed by atoms with Gasteiger partial charge in [0.15, 0.2) is 0 Å². The van der Waals surface area contributed by atoms with Gasteiger partial charge in [-0.3, -0.25) is 0 Å². The van der Waals surface area contributed by atoms with Gasteiger partial charge in [0.2, 0.25) is 0 Å². The van der Waals surface area contributed by atoms with E-state index in [9.17, 15) is 0 Å². The molecule has 10 heavy (non-hydrogen) atoms. The third-order valence-corrected chi connectivity index (χ3v) is 1.46. The summed E-state index contributed by atoms with van der Waals surface area (Å²) < 4.78 is 4.33. The molecule has 1 heterocycles. The molecule has 0 saturated carbocycles. The van der Waals surface area contributed by atoms with E-state index in [0.717, 1.165) is 0 Å². The summed E-state index contributed by atoms with van der Waals surface area (Å²) in [7, 11) is 0. The molecule has 1 aromatic heterocycles. The minimum atomic E-state index is -0.209. The van der Waals surface area contributed by atoms with Crippen LogP contribution in [0.4, 0.5) is 0 Å². The minimum Gasteiger partial charge on any atom is -0.316 e. The topological polar surface area (TPSA) is 71.2 Å². The summed E-state index contributed by atoms with van der Waals surface area (Å²) >= 11 is 3.13. The van der Waals surface area contributed by atoms with E-state index >= 15 is 0 Å². The molecule has 0 radical (unpaired) electrons. The first kappa shape index (κ1) is 7.64. The molecule has 0 aromatic carbocycles. The average molecular weight is 208 g/mol. The molecule has 6 heteroatoms. The van der Waals surface area contributed by atoms with Crippen LogP contribution < -0.4 is 5.48 Å². The van der Waals surface area contributed by atoms with E-state index in [0.29, 0.717) is 12.1 Å². The summed E-state index contributed by atoms with van der Waals surface area (Å²) in [5.74, 6) is 0. The summed E-state index contributed by atoms with van der Waals surface area (Å²) in [6.45, 7) is 0. The summed E-state index contributed by atoms with van der Waals surface area (Å²) in [6, 6.07) is 0. The predicted octanol–water partition coefficient (Wildman–Crippen LogP) is 0.312. The Labute approximate surface area is 65.5 Å². The third kappa shape index (κ3) is 2.05. The van der Waals surface area contributed by atoms with Crippen LogP contribution in [0.15, 0.2) is 10.8 Å². The smallest absolute Gasteiger partial charge is 0.107 e. The van der Waals surface area contributed by atoms with Gasteiger partial charge in [-0.2, -0.15) is 5.48 Å². The molecule has 0 fully saturated rings. The third-order valence-electron chi connectivity index (χ3n) is 0.935. The molecule has 2 N–H and O–H groups in total. The molecule has 0 bridgehead atoms. The lowest BCUT2D eigenvalue weighted by molar-refractivity contribution is 0.158. The van der Waals surface area contributed by atoms with E-state index < -0.39 is 0 Å². The molecule has 56 valence electrons. The van der Waals surface area contributed by atoms with Crippen molar-refractivity contribution in [2.45, 2.75) is 11.4 Å². The zero-order chi connectivity index (χ0) is 7.40. The molecule has 1 unspecified atom stereocenters. The van der Waals surface area contributed by atoms with Gasteiger partial charge < -0.3 is 5.21 Å². The monoisotopic (exact) mass is 207 g/mol. The van der Waals surface area contributed by atoms with Gasteiger partial charge >= 0.3 is 0 Å². The van der Waals surface area contributed by atoms with Crippen molar-refractivity contribution in [1.29, 1.82) is 0 Å². The molecule has 1 aromatic rings. The van der Waals surface area contributed by atoms with Crippen LogP contribution in [0.1, 0.15) is 5.69 Å². The van der Waals surface area contributed by atoms with Crippen molar-refractivity contribution in [2.75, 3.05) is 0 Å². The van der Waals surface area contributed by atoms with Gasteiger partial charge in [0.25, 0.3) is 0 Å². The SMILES string of the molecule is ONC(Br)Cc1cnon1. The second-order valence-electron chi connectivity index (χ2n) is 1.70. The Hall–Kier alpha value is -0.460. The molecule has 0 amide bonds. The predicted molar refractivity (Wildman–Crippen MR) is 35.6 cm³/mol. The number of aromatic nitrogens is 2. The molecule has 0 aliphatic heterocycles. The Morgan fingerprint density at radius 1 is 1.90 bits per heavy atom. The maximum Gasteiger partial charge on any atom is 0.107 e. The fraction of sp³-hybridized carbons (Fsp3) is 0.500. The first-order valence-electron chi connectivity index (χ1n) is 2.63. The highest BCUT2D eigenvalue weighted by Gasteiger charge is 2.05. The minimum absolute atomic E-state index is 0.209. The van der Waals surface area contributed by atoms with E-state index in [1.165, 1.54) is 6.20 Å². The maximum absolute atomic E-state index is 8.36. The Bertz CT molecular complexity index is 179. The number of hydrogen-bond donors (Lipinski definition) is 2. The maximum atomic E-state index is 8.36. The molecular weight excluding hydrogens is 202 g/mol. The van der Waals surface area contributed by atoms with Crippen LogP contribution in [0.5, 0.6) is 0 Å². The quantitative estimate of drug-likeness (QED) is 0.425. The average Bonchev–Trinajstić information content (AvgIpc) is 2.40. The van der Waals surface area contributed by atoms with Gasteiger partial charge in [-0.25, -0.2) is 4.63 Å². The second-order valence-corrected chi connectivity index (χ2v) is 2.80. The van der Waals surface area contributed by atoms with Gasteiger partial charge in [0.1, 0.15) is 5.69 Å². The van der Waals surface area contributed by atoms with Crippen LogP contribution in [0, 0.1) is 0 Å². The van der Waals surface area contributed by atoms with Crippen LogP contribution in [0.25, 0.3) is 0 Å². The van der Waals surface area contributed by atoms with Gasteiger partial charge in [0, 0.05) is 6.42 Å². The Balaban J connectivity index is 2.40. The van der Waals surface area contributed by atoms with Crippen molar-refractivity contribution < 1.29 is 9.84 Å². The van der Waals surface area contributed by atoms with E-state index in [-0.39, 0.29) is 4.95 Å². The highest BCUT2D eigenvalue weighted by Crippen LogP contribution is 2.02. The largest absolute Gasteiger partial charge is 0.316 e. The van der Waals surface area contributed by atoms with Gasteiger partial charge in [-0.15, -0.1) is 0 Å². The first-order chi connectivity index (χ1) is 4.83. The molecule has 5 nitrogen and oxygen atoms in total. The lowest BCUT2D eigenvalue weighted by Gasteiger charge is -2.01. The number of nitrogens with zero attached hydrogens (tertiary/aromatic N) is 2. The van der Waals surface area contributed by atoms with Crippen LogP contribution in [-0.4, -0.2) is 20.5 Å². The van der Waals surface area contributed by atoms with Crippen LogP contribution in [0.2, 0.25) is 0 Å². The van der Waals surface area contributed by atoms with E-state index in [1.54, 1.807) is 0 Å². The van der Waals surface area contributed by atoms with Crippen molar-refractivity contribution in [3.63, 3.8) is 0 Å². The summed E-state index contributed by atoms with van der Waals surface area (Å²) in [5, 5.41) is 15.3. The summed E-state index contributed by atoms with van der Waals surface area (Å²) in [4.78, 5) is -0.209.